The van der Waals surface area contributed by atoms with Crippen LogP contribution in [0.1, 0.15) is 15.9 Å². The van der Waals surface area contributed by atoms with Gasteiger partial charge in [-0.25, -0.2) is 4.79 Å². The third-order valence-electron chi connectivity index (χ3n) is 3.53. The second-order valence-corrected chi connectivity index (χ2v) is 5.26. The van der Waals surface area contributed by atoms with Crippen molar-refractivity contribution in [2.75, 3.05) is 0 Å². The number of hydrogen-bond donors (Lipinski definition) is 2. The number of nitro benzene ring substituents is 2. The Balaban J connectivity index is 2.23. The zero-order chi connectivity index (χ0) is 19.3. The van der Waals surface area contributed by atoms with Crippen LogP contribution >= 0.6 is 0 Å². The third kappa shape index (κ3) is 4.38. The summed E-state index contributed by atoms with van der Waals surface area (Å²) in [6, 6.07) is 8.95. The van der Waals surface area contributed by atoms with Crippen molar-refractivity contribution in [3.05, 3.63) is 79.9 Å². The van der Waals surface area contributed by atoms with Gasteiger partial charge in [0.05, 0.1) is 9.85 Å². The van der Waals surface area contributed by atoms with Gasteiger partial charge in [-0.2, -0.15) is 0 Å². The van der Waals surface area contributed by atoms with E-state index in [4.69, 9.17) is 0 Å². The maximum atomic E-state index is 12.2. The second kappa shape index (κ2) is 7.83. The van der Waals surface area contributed by atoms with Gasteiger partial charge in [-0.1, -0.05) is 24.3 Å². The van der Waals surface area contributed by atoms with Crippen molar-refractivity contribution in [2.24, 2.45) is 0 Å². The molecule has 0 aliphatic heterocycles. The Kier molecular flexibility index (Phi) is 5.58. The standard InChI is InChI=1S/C16H13N3O7/c20-15(11-5-3-6-12(8-11)18(23)24)17-13(16(21)22)9-10-4-1-2-7-14(10)19(25)26/h1-8,13H,9H2,(H,17,20)(H,21,22)/t13-/m1/s1. The Bertz CT molecular complexity index is 882. The van der Waals surface area contributed by atoms with Crippen molar-refractivity contribution in [1.29, 1.82) is 0 Å². The Labute approximate surface area is 146 Å². The minimum absolute atomic E-state index is 0.0898. The summed E-state index contributed by atoms with van der Waals surface area (Å²) in [7, 11) is 0. The average molecular weight is 359 g/mol. The molecular formula is C16H13N3O7. The number of non-ortho nitro benzene ring substituents is 1. The van der Waals surface area contributed by atoms with E-state index >= 15 is 0 Å². The molecule has 0 heterocycles. The van der Waals surface area contributed by atoms with Gasteiger partial charge in [0.1, 0.15) is 6.04 Å². The summed E-state index contributed by atoms with van der Waals surface area (Å²) in [6.45, 7) is 0. The largest absolute Gasteiger partial charge is 0.480 e. The van der Waals surface area contributed by atoms with Gasteiger partial charge in [-0.3, -0.25) is 25.0 Å². The van der Waals surface area contributed by atoms with Crippen LogP contribution in [0.25, 0.3) is 0 Å². The number of benzene rings is 2. The van der Waals surface area contributed by atoms with Crippen LogP contribution in [-0.2, 0) is 11.2 Å². The fraction of sp³-hybridized carbons (Fsp3) is 0.125. The van der Waals surface area contributed by atoms with Gasteiger partial charge >= 0.3 is 5.97 Å². The first-order chi connectivity index (χ1) is 12.3. The SMILES string of the molecule is O=C(N[C@H](Cc1ccccc1[N+](=O)[O-])C(=O)O)c1cccc([N+](=O)[O-])c1. The summed E-state index contributed by atoms with van der Waals surface area (Å²) in [4.78, 5) is 44.1. The maximum absolute atomic E-state index is 12.2. The molecule has 26 heavy (non-hydrogen) atoms. The molecule has 0 aromatic heterocycles. The van der Waals surface area contributed by atoms with E-state index in [9.17, 15) is 34.9 Å². The fourth-order valence-electron chi connectivity index (χ4n) is 2.28. The summed E-state index contributed by atoms with van der Waals surface area (Å²) >= 11 is 0. The Morgan fingerprint density at radius 1 is 1.04 bits per heavy atom. The van der Waals surface area contributed by atoms with Crippen LogP contribution in [0, 0.1) is 20.2 Å². The minimum Gasteiger partial charge on any atom is -0.480 e. The lowest BCUT2D eigenvalue weighted by Crippen LogP contribution is -2.42. The lowest BCUT2D eigenvalue weighted by molar-refractivity contribution is -0.385. The van der Waals surface area contributed by atoms with E-state index in [1.165, 1.54) is 42.5 Å². The normalized spacial score (nSPS) is 11.4. The highest BCUT2D eigenvalue weighted by Crippen LogP contribution is 2.20. The summed E-state index contributed by atoms with van der Waals surface area (Å²) in [5, 5.41) is 33.3. The first-order valence-corrected chi connectivity index (χ1v) is 7.30. The van der Waals surface area contributed by atoms with Crippen LogP contribution in [0.5, 0.6) is 0 Å². The van der Waals surface area contributed by atoms with Gasteiger partial charge in [-0.05, 0) is 6.07 Å². The number of rotatable bonds is 7. The molecule has 1 amide bonds. The van der Waals surface area contributed by atoms with Crippen LogP contribution in [-0.4, -0.2) is 32.9 Å². The van der Waals surface area contributed by atoms with Crippen LogP contribution < -0.4 is 5.32 Å². The molecule has 2 aromatic carbocycles. The van der Waals surface area contributed by atoms with Gasteiger partial charge in [0, 0.05) is 35.7 Å². The van der Waals surface area contributed by atoms with Gasteiger partial charge in [0.2, 0.25) is 0 Å². The smallest absolute Gasteiger partial charge is 0.326 e. The van der Waals surface area contributed by atoms with Crippen molar-refractivity contribution < 1.29 is 24.5 Å². The zero-order valence-corrected chi connectivity index (χ0v) is 13.2. The number of carbonyl (C=O) groups excluding carboxylic acids is 1. The first-order valence-electron chi connectivity index (χ1n) is 7.30. The van der Waals surface area contributed by atoms with E-state index in [-0.39, 0.29) is 28.9 Å². The van der Waals surface area contributed by atoms with E-state index in [2.05, 4.69) is 5.32 Å². The molecule has 0 aliphatic rings. The molecule has 2 aromatic rings. The minimum atomic E-state index is -1.44. The van der Waals surface area contributed by atoms with Crippen LogP contribution in [0.2, 0.25) is 0 Å². The second-order valence-electron chi connectivity index (χ2n) is 5.26. The van der Waals surface area contributed by atoms with Gasteiger partial charge in [-0.15, -0.1) is 0 Å². The van der Waals surface area contributed by atoms with Crippen molar-refractivity contribution >= 4 is 23.3 Å². The first kappa shape index (κ1) is 18.5. The molecule has 10 nitrogen and oxygen atoms in total. The lowest BCUT2D eigenvalue weighted by Gasteiger charge is -2.14. The van der Waals surface area contributed by atoms with Gasteiger partial charge < -0.3 is 10.4 Å². The van der Waals surface area contributed by atoms with E-state index in [1.54, 1.807) is 0 Å². The van der Waals surface area contributed by atoms with E-state index < -0.39 is 27.8 Å². The number of amides is 1. The number of carboxylic acid groups (broad SMARTS) is 1. The molecule has 0 radical (unpaired) electrons. The Morgan fingerprint density at radius 2 is 1.73 bits per heavy atom. The molecule has 1 atom stereocenters. The number of para-hydroxylation sites is 1. The van der Waals surface area contributed by atoms with E-state index in [1.807, 2.05) is 0 Å². The zero-order valence-electron chi connectivity index (χ0n) is 13.2. The summed E-state index contributed by atoms with van der Waals surface area (Å²) in [6.07, 6.45) is -0.312. The Hall–Kier alpha value is -3.82. The van der Waals surface area contributed by atoms with Crippen molar-refractivity contribution in [3.8, 4) is 0 Å². The maximum Gasteiger partial charge on any atom is 0.326 e. The molecule has 0 aliphatic carbocycles. The molecule has 0 spiro atoms. The molecule has 0 fully saturated rings. The number of nitrogens with zero attached hydrogens (tertiary/aromatic N) is 2. The van der Waals surface area contributed by atoms with Gasteiger partial charge in [0.25, 0.3) is 17.3 Å². The monoisotopic (exact) mass is 359 g/mol. The number of nitrogens with one attached hydrogen (secondary N) is 1. The molecular weight excluding hydrogens is 346 g/mol. The number of nitro groups is 2. The molecule has 0 bridgehead atoms. The Morgan fingerprint density at radius 3 is 2.35 bits per heavy atom. The number of hydrogen-bond acceptors (Lipinski definition) is 6. The molecule has 0 saturated heterocycles. The predicted octanol–water partition coefficient (Wildman–Crippen LogP) is 1.93. The topological polar surface area (TPSA) is 153 Å². The molecule has 2 N–H and O–H groups in total. The van der Waals surface area contributed by atoms with Crippen molar-refractivity contribution in [3.63, 3.8) is 0 Å². The molecule has 134 valence electrons. The molecule has 0 saturated carbocycles. The van der Waals surface area contributed by atoms with Gasteiger partial charge in [0.15, 0.2) is 0 Å². The molecule has 0 unspecified atom stereocenters. The highest BCUT2D eigenvalue weighted by Gasteiger charge is 2.25. The summed E-state index contributed by atoms with van der Waals surface area (Å²) in [5.74, 6) is -2.22. The third-order valence-corrected chi connectivity index (χ3v) is 3.53. The quantitative estimate of drug-likeness (QED) is 0.565. The number of carbonyl (C=O) groups is 2. The van der Waals surface area contributed by atoms with E-state index in [0.29, 0.717) is 0 Å². The van der Waals surface area contributed by atoms with Crippen LogP contribution in [0.15, 0.2) is 48.5 Å². The van der Waals surface area contributed by atoms with Crippen molar-refractivity contribution in [2.45, 2.75) is 12.5 Å². The number of aliphatic carboxylic acids is 1. The van der Waals surface area contributed by atoms with Crippen molar-refractivity contribution in [1.82, 2.24) is 5.32 Å². The lowest BCUT2D eigenvalue weighted by atomic mass is 10.0. The average Bonchev–Trinajstić information content (AvgIpc) is 2.61. The fourth-order valence-corrected chi connectivity index (χ4v) is 2.28. The molecule has 10 heteroatoms. The highest BCUT2D eigenvalue weighted by molar-refractivity contribution is 5.97. The van der Waals surface area contributed by atoms with Crippen LogP contribution in [0.4, 0.5) is 11.4 Å². The van der Waals surface area contributed by atoms with Crippen LogP contribution in [0.3, 0.4) is 0 Å². The predicted molar refractivity (Wildman–Crippen MR) is 88.8 cm³/mol. The highest BCUT2D eigenvalue weighted by atomic mass is 16.6. The number of carboxylic acids is 1. The summed E-state index contributed by atoms with van der Waals surface area (Å²) < 4.78 is 0. The molecule has 2 rings (SSSR count). The van der Waals surface area contributed by atoms with E-state index in [0.717, 1.165) is 6.07 Å². The summed E-state index contributed by atoms with van der Waals surface area (Å²) in [5.41, 5.74) is -0.524.